The molecule has 0 bridgehead atoms. The van der Waals surface area contributed by atoms with E-state index in [4.69, 9.17) is 4.55 Å². The van der Waals surface area contributed by atoms with E-state index >= 15 is 0 Å². The van der Waals surface area contributed by atoms with Gasteiger partial charge in [-0.05, 0) is 24.6 Å². The molecule has 0 atom stereocenters. The number of hydrogen-bond donors (Lipinski definition) is 1. The Hall–Kier alpha value is -1.40. The molecular weight excluding hydrogens is 220 g/mol. The van der Waals surface area contributed by atoms with Crippen LogP contribution in [-0.4, -0.2) is 18.9 Å². The van der Waals surface area contributed by atoms with Crippen molar-refractivity contribution in [3.8, 4) is 5.75 Å². The fourth-order valence-electron chi connectivity index (χ4n) is 1.06. The van der Waals surface area contributed by atoms with Crippen molar-refractivity contribution in [1.82, 2.24) is 0 Å². The van der Waals surface area contributed by atoms with Crippen LogP contribution in [-0.2, 0) is 14.9 Å². The van der Waals surface area contributed by atoms with Gasteiger partial charge in [0, 0.05) is 6.92 Å². The largest absolute Gasteiger partial charge is 0.425 e. The summed E-state index contributed by atoms with van der Waals surface area (Å²) in [7, 11) is -4.37. The molecule has 82 valence electrons. The quantitative estimate of drug-likeness (QED) is 0.468. The number of ether oxygens (including phenoxy) is 1. The molecule has 0 aliphatic heterocycles. The molecule has 15 heavy (non-hydrogen) atoms. The predicted molar refractivity (Wildman–Crippen MR) is 52.3 cm³/mol. The first kappa shape index (κ1) is 11.7. The average Bonchev–Trinajstić information content (AvgIpc) is 1.99. The second-order valence-corrected chi connectivity index (χ2v) is 4.41. The van der Waals surface area contributed by atoms with Crippen molar-refractivity contribution in [3.63, 3.8) is 0 Å². The van der Waals surface area contributed by atoms with Gasteiger partial charge >= 0.3 is 5.97 Å². The summed E-state index contributed by atoms with van der Waals surface area (Å²) >= 11 is 0. The summed E-state index contributed by atoms with van der Waals surface area (Å²) in [4.78, 5) is 10.3. The summed E-state index contributed by atoms with van der Waals surface area (Å²) in [6.07, 6.45) is 0. The lowest BCUT2D eigenvalue weighted by Crippen LogP contribution is -2.07. The second kappa shape index (κ2) is 4.00. The van der Waals surface area contributed by atoms with E-state index in [1.807, 2.05) is 0 Å². The summed E-state index contributed by atoms with van der Waals surface area (Å²) in [5, 5.41) is 0. The van der Waals surface area contributed by atoms with Gasteiger partial charge in [-0.25, -0.2) is 0 Å². The number of benzene rings is 1. The third-order valence-electron chi connectivity index (χ3n) is 1.63. The van der Waals surface area contributed by atoms with Crippen LogP contribution in [0.5, 0.6) is 5.75 Å². The van der Waals surface area contributed by atoms with Gasteiger partial charge in [-0.3, -0.25) is 9.35 Å². The minimum atomic E-state index is -4.37. The zero-order valence-corrected chi connectivity index (χ0v) is 9.04. The molecule has 0 radical (unpaired) electrons. The van der Waals surface area contributed by atoms with Crippen LogP contribution in [0.15, 0.2) is 23.1 Å². The minimum Gasteiger partial charge on any atom is -0.425 e. The van der Waals surface area contributed by atoms with E-state index in [2.05, 4.69) is 4.74 Å². The maximum absolute atomic E-state index is 10.9. The first-order chi connectivity index (χ1) is 6.80. The molecule has 1 aromatic rings. The van der Waals surface area contributed by atoms with Crippen LogP contribution in [0.3, 0.4) is 0 Å². The first-order valence-electron chi connectivity index (χ1n) is 4.07. The summed E-state index contributed by atoms with van der Waals surface area (Å²) in [5.41, 5.74) is 0.721. The van der Waals surface area contributed by atoms with Gasteiger partial charge in [0.15, 0.2) is 5.75 Å². The van der Waals surface area contributed by atoms with Crippen molar-refractivity contribution in [2.75, 3.05) is 0 Å². The predicted octanol–water partition coefficient (Wildman–Crippen LogP) is 1.17. The molecule has 0 aromatic heterocycles. The molecule has 0 heterocycles. The highest BCUT2D eigenvalue weighted by atomic mass is 32.2. The highest BCUT2D eigenvalue weighted by Crippen LogP contribution is 2.24. The van der Waals surface area contributed by atoms with Crippen molar-refractivity contribution in [1.29, 1.82) is 0 Å². The normalized spacial score (nSPS) is 11.1. The molecule has 0 aliphatic rings. The summed E-state index contributed by atoms with van der Waals surface area (Å²) < 4.78 is 35.4. The standard InChI is InChI=1S/C9H10O5S/c1-6-3-4-9(15(11,12)13)8(5-6)14-7(2)10/h3-5H,1-2H3,(H,11,12,13). The smallest absolute Gasteiger partial charge is 0.308 e. The van der Waals surface area contributed by atoms with Crippen molar-refractivity contribution in [3.05, 3.63) is 23.8 Å². The number of carbonyl (C=O) groups excluding carboxylic acids is 1. The van der Waals surface area contributed by atoms with Gasteiger partial charge in [-0.2, -0.15) is 8.42 Å². The molecule has 0 aliphatic carbocycles. The number of carbonyl (C=O) groups is 1. The van der Waals surface area contributed by atoms with E-state index < -0.39 is 21.0 Å². The van der Waals surface area contributed by atoms with E-state index in [-0.39, 0.29) is 5.75 Å². The molecule has 1 N–H and O–H groups in total. The zero-order valence-electron chi connectivity index (χ0n) is 8.22. The number of aryl methyl sites for hydroxylation is 1. The average molecular weight is 230 g/mol. The lowest BCUT2D eigenvalue weighted by molar-refractivity contribution is -0.132. The van der Waals surface area contributed by atoms with Crippen LogP contribution in [0, 0.1) is 6.92 Å². The van der Waals surface area contributed by atoms with Gasteiger partial charge in [0.2, 0.25) is 0 Å². The van der Waals surface area contributed by atoms with Gasteiger partial charge < -0.3 is 4.74 Å². The third-order valence-corrected chi connectivity index (χ3v) is 2.52. The van der Waals surface area contributed by atoms with E-state index in [0.717, 1.165) is 12.5 Å². The van der Waals surface area contributed by atoms with E-state index in [1.165, 1.54) is 18.2 Å². The van der Waals surface area contributed by atoms with Crippen LogP contribution in [0.4, 0.5) is 0 Å². The third kappa shape index (κ3) is 3.03. The molecule has 0 saturated heterocycles. The second-order valence-electron chi connectivity index (χ2n) is 3.02. The molecule has 6 heteroatoms. The lowest BCUT2D eigenvalue weighted by Gasteiger charge is -2.06. The maximum Gasteiger partial charge on any atom is 0.308 e. The summed E-state index contributed by atoms with van der Waals surface area (Å²) in [6, 6.07) is 4.05. The first-order valence-corrected chi connectivity index (χ1v) is 5.51. The van der Waals surface area contributed by atoms with Crippen molar-refractivity contribution >= 4 is 16.1 Å². The fraction of sp³-hybridized carbons (Fsp3) is 0.222. The molecule has 1 rings (SSSR count). The van der Waals surface area contributed by atoms with Gasteiger partial charge in [0.25, 0.3) is 10.1 Å². The van der Waals surface area contributed by atoms with Crippen molar-refractivity contribution < 1.29 is 22.5 Å². The lowest BCUT2D eigenvalue weighted by atomic mass is 10.2. The monoisotopic (exact) mass is 230 g/mol. The maximum atomic E-state index is 10.9. The van der Waals surface area contributed by atoms with Gasteiger partial charge in [-0.15, -0.1) is 0 Å². The van der Waals surface area contributed by atoms with Crippen molar-refractivity contribution in [2.45, 2.75) is 18.7 Å². The molecular formula is C9H10O5S. The van der Waals surface area contributed by atoms with Crippen LogP contribution in [0.2, 0.25) is 0 Å². The fourth-order valence-corrected chi connectivity index (χ4v) is 1.66. The highest BCUT2D eigenvalue weighted by molar-refractivity contribution is 7.86. The Morgan fingerprint density at radius 2 is 2.00 bits per heavy atom. The Morgan fingerprint density at radius 3 is 2.47 bits per heavy atom. The molecule has 5 nitrogen and oxygen atoms in total. The molecule has 0 fully saturated rings. The number of hydrogen-bond acceptors (Lipinski definition) is 4. The summed E-state index contributed by atoms with van der Waals surface area (Å²) in [5.74, 6) is -0.810. The van der Waals surface area contributed by atoms with Gasteiger partial charge in [-0.1, -0.05) is 6.07 Å². The molecule has 0 amide bonds. The number of esters is 1. The van der Waals surface area contributed by atoms with E-state index in [1.54, 1.807) is 6.92 Å². The molecule has 1 aromatic carbocycles. The number of rotatable bonds is 2. The Kier molecular flexibility index (Phi) is 3.11. The molecule has 0 unspecified atom stereocenters. The Labute approximate surface area is 87.4 Å². The summed E-state index contributed by atoms with van der Waals surface area (Å²) in [6.45, 7) is 2.86. The topological polar surface area (TPSA) is 80.7 Å². The van der Waals surface area contributed by atoms with E-state index in [0.29, 0.717) is 0 Å². The SMILES string of the molecule is CC(=O)Oc1cc(C)ccc1S(=O)(=O)O. The highest BCUT2D eigenvalue weighted by Gasteiger charge is 2.17. The van der Waals surface area contributed by atoms with E-state index in [9.17, 15) is 13.2 Å². The molecule has 0 spiro atoms. The van der Waals surface area contributed by atoms with Crippen molar-refractivity contribution in [2.24, 2.45) is 0 Å². The van der Waals surface area contributed by atoms with Gasteiger partial charge in [0.1, 0.15) is 4.90 Å². The Balaban J connectivity index is 3.33. The molecule has 0 saturated carbocycles. The van der Waals surface area contributed by atoms with Crippen LogP contribution in [0.25, 0.3) is 0 Å². The minimum absolute atomic E-state index is 0.162. The Bertz CT molecular complexity index is 489. The van der Waals surface area contributed by atoms with Crippen LogP contribution in [0.1, 0.15) is 12.5 Å². The van der Waals surface area contributed by atoms with Crippen LogP contribution >= 0.6 is 0 Å². The Morgan fingerprint density at radius 1 is 1.40 bits per heavy atom. The zero-order chi connectivity index (χ0) is 11.6. The van der Waals surface area contributed by atoms with Gasteiger partial charge in [0.05, 0.1) is 0 Å². The van der Waals surface area contributed by atoms with Crippen LogP contribution < -0.4 is 4.74 Å².